The first-order valence-electron chi connectivity index (χ1n) is 5.85. The molecule has 0 fully saturated rings. The average Bonchev–Trinajstić information content (AvgIpc) is 2.74. The van der Waals surface area contributed by atoms with Crippen LogP contribution in [0.5, 0.6) is 0 Å². The average molecular weight is 214 g/mol. The highest BCUT2D eigenvalue weighted by Crippen LogP contribution is 2.23. The number of benzene rings is 1. The number of aromatic nitrogens is 2. The first-order valence-corrected chi connectivity index (χ1v) is 5.85. The van der Waals surface area contributed by atoms with Crippen LogP contribution in [0.3, 0.4) is 0 Å². The third kappa shape index (κ3) is 2.01. The van der Waals surface area contributed by atoms with Crippen LogP contribution in [0, 0.1) is 0 Å². The van der Waals surface area contributed by atoms with Crippen molar-refractivity contribution < 1.29 is 0 Å². The lowest BCUT2D eigenvalue weighted by atomic mass is 10.1. The molecule has 1 aromatic carbocycles. The molecule has 0 saturated heterocycles. The molecule has 0 aliphatic heterocycles. The van der Waals surface area contributed by atoms with Crippen LogP contribution in [-0.4, -0.2) is 9.78 Å². The molecular formula is C14H18N2. The van der Waals surface area contributed by atoms with Gasteiger partial charge in [0.1, 0.15) is 0 Å². The van der Waals surface area contributed by atoms with E-state index in [1.165, 1.54) is 11.3 Å². The fourth-order valence-corrected chi connectivity index (χ4v) is 1.90. The Balaban J connectivity index is 2.44. The van der Waals surface area contributed by atoms with Crippen LogP contribution in [0.4, 0.5) is 0 Å². The van der Waals surface area contributed by atoms with Gasteiger partial charge in [-0.2, -0.15) is 5.10 Å². The Hall–Kier alpha value is -1.57. The molecule has 16 heavy (non-hydrogen) atoms. The highest BCUT2D eigenvalue weighted by molar-refractivity contribution is 5.59. The van der Waals surface area contributed by atoms with Gasteiger partial charge in [0.25, 0.3) is 0 Å². The SMILES string of the molecule is CCn1nc(-c2ccccc2)cc1C(C)C. The predicted molar refractivity (Wildman–Crippen MR) is 67.4 cm³/mol. The monoisotopic (exact) mass is 214 g/mol. The zero-order chi connectivity index (χ0) is 11.5. The lowest BCUT2D eigenvalue weighted by molar-refractivity contribution is 0.599. The molecule has 0 aliphatic carbocycles. The number of hydrogen-bond acceptors (Lipinski definition) is 1. The van der Waals surface area contributed by atoms with Crippen molar-refractivity contribution in [3.05, 3.63) is 42.1 Å². The summed E-state index contributed by atoms with van der Waals surface area (Å²) in [5.74, 6) is 0.518. The van der Waals surface area contributed by atoms with Crippen molar-refractivity contribution in [3.63, 3.8) is 0 Å². The molecule has 2 aromatic rings. The van der Waals surface area contributed by atoms with Gasteiger partial charge in [-0.15, -0.1) is 0 Å². The first-order chi connectivity index (χ1) is 7.72. The minimum atomic E-state index is 0.518. The molecular weight excluding hydrogens is 196 g/mol. The number of aryl methyl sites for hydroxylation is 1. The third-order valence-electron chi connectivity index (χ3n) is 2.77. The van der Waals surface area contributed by atoms with Gasteiger partial charge in [0.15, 0.2) is 0 Å². The van der Waals surface area contributed by atoms with Crippen molar-refractivity contribution in [1.29, 1.82) is 0 Å². The van der Waals surface area contributed by atoms with Gasteiger partial charge < -0.3 is 0 Å². The molecule has 1 heterocycles. The van der Waals surface area contributed by atoms with E-state index in [-0.39, 0.29) is 0 Å². The summed E-state index contributed by atoms with van der Waals surface area (Å²) in [6, 6.07) is 12.5. The predicted octanol–water partition coefficient (Wildman–Crippen LogP) is 3.69. The largest absolute Gasteiger partial charge is 0.269 e. The van der Waals surface area contributed by atoms with E-state index in [1.54, 1.807) is 0 Å². The van der Waals surface area contributed by atoms with Crippen LogP contribution in [0.1, 0.15) is 32.4 Å². The second kappa shape index (κ2) is 4.52. The summed E-state index contributed by atoms with van der Waals surface area (Å²) in [5, 5.41) is 4.64. The van der Waals surface area contributed by atoms with Crippen molar-refractivity contribution in [1.82, 2.24) is 9.78 Å². The number of rotatable bonds is 3. The smallest absolute Gasteiger partial charge is 0.0926 e. The normalized spacial score (nSPS) is 11.0. The summed E-state index contributed by atoms with van der Waals surface area (Å²) in [6.45, 7) is 7.48. The van der Waals surface area contributed by atoms with Gasteiger partial charge in [-0.1, -0.05) is 44.2 Å². The van der Waals surface area contributed by atoms with Gasteiger partial charge in [0.2, 0.25) is 0 Å². The Kier molecular flexibility index (Phi) is 3.09. The second-order valence-electron chi connectivity index (χ2n) is 4.29. The topological polar surface area (TPSA) is 17.8 Å². The van der Waals surface area contributed by atoms with Crippen molar-refractivity contribution in [2.45, 2.75) is 33.2 Å². The minimum Gasteiger partial charge on any atom is -0.269 e. The first kappa shape index (κ1) is 10.9. The van der Waals surface area contributed by atoms with Gasteiger partial charge in [-0.25, -0.2) is 0 Å². The van der Waals surface area contributed by atoms with Gasteiger partial charge >= 0.3 is 0 Å². The van der Waals surface area contributed by atoms with Crippen LogP contribution in [-0.2, 0) is 6.54 Å². The van der Waals surface area contributed by atoms with Crippen LogP contribution < -0.4 is 0 Å². The highest BCUT2D eigenvalue weighted by Gasteiger charge is 2.10. The van der Waals surface area contributed by atoms with Crippen LogP contribution in [0.25, 0.3) is 11.3 Å². The van der Waals surface area contributed by atoms with Crippen LogP contribution in [0.15, 0.2) is 36.4 Å². The zero-order valence-electron chi connectivity index (χ0n) is 10.1. The molecule has 2 nitrogen and oxygen atoms in total. The highest BCUT2D eigenvalue weighted by atomic mass is 15.3. The molecule has 84 valence electrons. The summed E-state index contributed by atoms with van der Waals surface area (Å²) in [5.41, 5.74) is 3.57. The lowest BCUT2D eigenvalue weighted by Gasteiger charge is -2.06. The Morgan fingerprint density at radius 1 is 1.19 bits per heavy atom. The molecule has 0 aliphatic rings. The van der Waals surface area contributed by atoms with E-state index in [9.17, 15) is 0 Å². The van der Waals surface area contributed by atoms with E-state index in [4.69, 9.17) is 0 Å². The van der Waals surface area contributed by atoms with Crippen molar-refractivity contribution in [3.8, 4) is 11.3 Å². The van der Waals surface area contributed by atoms with Gasteiger partial charge in [-0.05, 0) is 18.9 Å². The van der Waals surface area contributed by atoms with E-state index >= 15 is 0 Å². The number of nitrogens with zero attached hydrogens (tertiary/aromatic N) is 2. The maximum absolute atomic E-state index is 4.64. The maximum Gasteiger partial charge on any atom is 0.0926 e. The Bertz CT molecular complexity index is 455. The Morgan fingerprint density at radius 2 is 1.88 bits per heavy atom. The van der Waals surface area contributed by atoms with E-state index in [0.717, 1.165) is 12.2 Å². The van der Waals surface area contributed by atoms with Gasteiger partial charge in [-0.3, -0.25) is 4.68 Å². The van der Waals surface area contributed by atoms with E-state index in [1.807, 2.05) is 6.07 Å². The summed E-state index contributed by atoms with van der Waals surface area (Å²) < 4.78 is 2.09. The molecule has 0 amide bonds. The molecule has 2 heteroatoms. The second-order valence-corrected chi connectivity index (χ2v) is 4.29. The molecule has 0 spiro atoms. The molecule has 0 unspecified atom stereocenters. The molecule has 0 radical (unpaired) electrons. The van der Waals surface area contributed by atoms with Gasteiger partial charge in [0, 0.05) is 17.8 Å². The molecule has 0 N–H and O–H groups in total. The Morgan fingerprint density at radius 3 is 2.38 bits per heavy atom. The lowest BCUT2D eigenvalue weighted by Crippen LogP contribution is -2.03. The van der Waals surface area contributed by atoms with Crippen LogP contribution in [0.2, 0.25) is 0 Å². The van der Waals surface area contributed by atoms with Crippen LogP contribution >= 0.6 is 0 Å². The summed E-state index contributed by atoms with van der Waals surface area (Å²) in [6.07, 6.45) is 0. The summed E-state index contributed by atoms with van der Waals surface area (Å²) >= 11 is 0. The summed E-state index contributed by atoms with van der Waals surface area (Å²) in [4.78, 5) is 0. The molecule has 2 rings (SSSR count). The fourth-order valence-electron chi connectivity index (χ4n) is 1.90. The third-order valence-corrected chi connectivity index (χ3v) is 2.77. The quantitative estimate of drug-likeness (QED) is 0.762. The van der Waals surface area contributed by atoms with Crippen molar-refractivity contribution in [2.75, 3.05) is 0 Å². The molecule has 1 aromatic heterocycles. The summed E-state index contributed by atoms with van der Waals surface area (Å²) in [7, 11) is 0. The maximum atomic E-state index is 4.64. The van der Waals surface area contributed by atoms with Crippen molar-refractivity contribution >= 4 is 0 Å². The van der Waals surface area contributed by atoms with E-state index in [0.29, 0.717) is 5.92 Å². The fraction of sp³-hybridized carbons (Fsp3) is 0.357. The molecule has 0 saturated carbocycles. The standard InChI is InChI=1S/C14H18N2/c1-4-16-14(11(2)3)10-13(15-16)12-8-6-5-7-9-12/h5-11H,4H2,1-3H3. The zero-order valence-corrected chi connectivity index (χ0v) is 10.1. The van der Waals surface area contributed by atoms with E-state index < -0.39 is 0 Å². The minimum absolute atomic E-state index is 0.518. The molecule has 0 bridgehead atoms. The molecule has 0 atom stereocenters. The van der Waals surface area contributed by atoms with Crippen molar-refractivity contribution in [2.24, 2.45) is 0 Å². The number of hydrogen-bond donors (Lipinski definition) is 0. The van der Waals surface area contributed by atoms with Gasteiger partial charge in [0.05, 0.1) is 5.69 Å². The Labute approximate surface area is 96.9 Å². The van der Waals surface area contributed by atoms with E-state index in [2.05, 4.69) is 60.9 Å².